The van der Waals surface area contributed by atoms with Crippen LogP contribution < -0.4 is 10.1 Å². The first-order valence-corrected chi connectivity index (χ1v) is 8.40. The maximum Gasteiger partial charge on any atom is 0.331 e. The van der Waals surface area contributed by atoms with Crippen LogP contribution >= 0.6 is 11.3 Å². The number of benzene rings is 1. The molecule has 0 radical (unpaired) electrons. The summed E-state index contributed by atoms with van der Waals surface area (Å²) in [5, 5.41) is 4.56. The van der Waals surface area contributed by atoms with Crippen molar-refractivity contribution < 1.29 is 23.9 Å². The summed E-state index contributed by atoms with van der Waals surface area (Å²) in [6.45, 7) is 1.53. The minimum absolute atomic E-state index is 0.0477. The summed E-state index contributed by atoms with van der Waals surface area (Å²) in [5.74, 6) is -0.729. The number of Topliss-reactive ketones (excluding diaryl/α,β-unsaturated/α-hetero) is 1. The van der Waals surface area contributed by atoms with Crippen molar-refractivity contribution >= 4 is 40.8 Å². The van der Waals surface area contributed by atoms with Crippen LogP contribution in [0.25, 0.3) is 6.08 Å². The minimum atomic E-state index is -0.587. The molecule has 1 amide bonds. The number of hydrogen-bond acceptors (Lipinski definition) is 6. The molecule has 128 valence electrons. The van der Waals surface area contributed by atoms with Gasteiger partial charge in [-0.3, -0.25) is 9.59 Å². The summed E-state index contributed by atoms with van der Waals surface area (Å²) in [6, 6.07) is 6.63. The van der Waals surface area contributed by atoms with E-state index in [4.69, 9.17) is 9.47 Å². The Labute approximate surface area is 148 Å². The summed E-state index contributed by atoms with van der Waals surface area (Å²) >= 11 is 1.52. The Hall–Kier alpha value is -2.93. The van der Waals surface area contributed by atoms with Gasteiger partial charge < -0.3 is 14.8 Å². The lowest BCUT2D eigenvalue weighted by Crippen LogP contribution is -2.25. The fraction of sp³-hybridized carbons (Fsp3) is 0.167. The number of thiophene rings is 1. The number of fused-ring (bicyclic) bond motifs is 1. The fourth-order valence-electron chi connectivity index (χ4n) is 2.22. The number of amides is 1. The summed E-state index contributed by atoms with van der Waals surface area (Å²) in [4.78, 5) is 36.2. The summed E-state index contributed by atoms with van der Waals surface area (Å²) in [6.07, 6.45) is 2.96. The van der Waals surface area contributed by atoms with Crippen molar-refractivity contribution in [2.24, 2.45) is 0 Å². The number of aryl methyl sites for hydroxylation is 1. The highest BCUT2D eigenvalue weighted by molar-refractivity contribution is 7.11. The van der Waals surface area contributed by atoms with Crippen LogP contribution in [0.4, 0.5) is 5.69 Å². The number of hydrogen-bond donors (Lipinski definition) is 1. The molecule has 25 heavy (non-hydrogen) atoms. The smallest absolute Gasteiger partial charge is 0.331 e. The molecule has 1 N–H and O–H groups in total. The number of esters is 1. The first-order chi connectivity index (χ1) is 12.0. The maximum absolute atomic E-state index is 12.2. The van der Waals surface area contributed by atoms with Crippen LogP contribution in [0.2, 0.25) is 0 Å². The molecule has 7 heteroatoms. The second-order valence-corrected chi connectivity index (χ2v) is 6.33. The van der Waals surface area contributed by atoms with Crippen molar-refractivity contribution in [3.05, 3.63) is 51.7 Å². The van der Waals surface area contributed by atoms with Gasteiger partial charge >= 0.3 is 5.97 Å². The standard InChI is InChI=1S/C18H15NO5S/c1-11-6-7-25-16(11)4-5-18(22)24-9-14(20)12-2-3-15-13(8-12)19-17(21)10-23-15/h2-8H,9-10H2,1H3,(H,19,21)/b5-4+. The molecule has 0 saturated carbocycles. The van der Waals surface area contributed by atoms with Crippen molar-refractivity contribution in [2.45, 2.75) is 6.92 Å². The van der Waals surface area contributed by atoms with Gasteiger partial charge in [0.25, 0.3) is 5.91 Å². The Balaban J connectivity index is 1.58. The molecule has 2 aromatic rings. The number of anilines is 1. The number of ether oxygens (including phenoxy) is 2. The van der Waals surface area contributed by atoms with E-state index in [0.717, 1.165) is 10.4 Å². The molecule has 0 unspecified atom stereocenters. The zero-order valence-corrected chi connectivity index (χ0v) is 14.2. The molecular weight excluding hydrogens is 342 g/mol. The molecule has 3 rings (SSSR count). The van der Waals surface area contributed by atoms with Crippen LogP contribution in [-0.4, -0.2) is 30.9 Å². The number of nitrogens with one attached hydrogen (secondary N) is 1. The number of carbonyl (C=O) groups is 3. The van der Waals surface area contributed by atoms with Crippen molar-refractivity contribution in [3.8, 4) is 5.75 Å². The van der Waals surface area contributed by atoms with Crippen LogP contribution in [0.15, 0.2) is 35.7 Å². The molecule has 0 saturated heterocycles. The van der Waals surface area contributed by atoms with E-state index in [9.17, 15) is 14.4 Å². The fourth-order valence-corrected chi connectivity index (χ4v) is 3.04. The quantitative estimate of drug-likeness (QED) is 0.505. The van der Waals surface area contributed by atoms with Crippen LogP contribution in [0.3, 0.4) is 0 Å². The SMILES string of the molecule is Cc1ccsc1/C=C/C(=O)OCC(=O)c1ccc2c(c1)NC(=O)CO2. The Morgan fingerprint density at radius 3 is 2.96 bits per heavy atom. The zero-order valence-electron chi connectivity index (χ0n) is 13.4. The molecule has 1 aromatic carbocycles. The lowest BCUT2D eigenvalue weighted by atomic mass is 10.1. The number of carbonyl (C=O) groups excluding carboxylic acids is 3. The second-order valence-electron chi connectivity index (χ2n) is 5.38. The zero-order chi connectivity index (χ0) is 17.8. The molecule has 1 aliphatic heterocycles. The third-order valence-electron chi connectivity index (χ3n) is 3.55. The van der Waals surface area contributed by atoms with E-state index in [1.807, 2.05) is 18.4 Å². The van der Waals surface area contributed by atoms with E-state index in [1.54, 1.807) is 18.2 Å². The normalized spacial score (nSPS) is 13.1. The summed E-state index contributed by atoms with van der Waals surface area (Å²) < 4.78 is 10.2. The molecule has 1 aromatic heterocycles. The molecule has 2 heterocycles. The van der Waals surface area contributed by atoms with E-state index in [2.05, 4.69) is 5.32 Å². The summed E-state index contributed by atoms with van der Waals surface area (Å²) in [7, 11) is 0. The first kappa shape index (κ1) is 16.9. The molecule has 0 spiro atoms. The Morgan fingerprint density at radius 2 is 2.20 bits per heavy atom. The van der Waals surface area contributed by atoms with Gasteiger partial charge in [-0.2, -0.15) is 0 Å². The van der Waals surface area contributed by atoms with E-state index >= 15 is 0 Å². The molecule has 0 fully saturated rings. The lowest BCUT2D eigenvalue weighted by molar-refractivity contribution is -0.136. The van der Waals surface area contributed by atoms with Crippen LogP contribution in [0.5, 0.6) is 5.75 Å². The highest BCUT2D eigenvalue weighted by Gasteiger charge is 2.18. The number of rotatable bonds is 5. The predicted molar refractivity (Wildman–Crippen MR) is 93.9 cm³/mol. The second kappa shape index (κ2) is 7.31. The van der Waals surface area contributed by atoms with Gasteiger partial charge in [-0.15, -0.1) is 11.3 Å². The lowest BCUT2D eigenvalue weighted by Gasteiger charge is -2.18. The number of ketones is 1. The van der Waals surface area contributed by atoms with Crippen LogP contribution in [0.1, 0.15) is 20.8 Å². The third kappa shape index (κ3) is 4.13. The van der Waals surface area contributed by atoms with Gasteiger partial charge in [0.1, 0.15) is 5.75 Å². The van der Waals surface area contributed by atoms with Crippen molar-refractivity contribution in [3.63, 3.8) is 0 Å². The maximum atomic E-state index is 12.2. The van der Waals surface area contributed by atoms with Gasteiger partial charge in [0.2, 0.25) is 0 Å². The van der Waals surface area contributed by atoms with Crippen molar-refractivity contribution in [1.82, 2.24) is 0 Å². The van der Waals surface area contributed by atoms with Gasteiger partial charge in [0.15, 0.2) is 19.0 Å². The van der Waals surface area contributed by atoms with Gasteiger partial charge in [0, 0.05) is 16.5 Å². The molecule has 0 atom stereocenters. The monoisotopic (exact) mass is 357 g/mol. The molecule has 1 aliphatic rings. The largest absolute Gasteiger partial charge is 0.482 e. The Bertz CT molecular complexity index is 868. The van der Waals surface area contributed by atoms with E-state index in [-0.39, 0.29) is 24.9 Å². The highest BCUT2D eigenvalue weighted by Crippen LogP contribution is 2.28. The van der Waals surface area contributed by atoms with E-state index < -0.39 is 5.97 Å². The molecular formula is C18H15NO5S. The van der Waals surface area contributed by atoms with Gasteiger partial charge in [-0.05, 0) is 48.2 Å². The van der Waals surface area contributed by atoms with Gasteiger partial charge in [0.05, 0.1) is 5.69 Å². The van der Waals surface area contributed by atoms with Crippen molar-refractivity contribution in [1.29, 1.82) is 0 Å². The van der Waals surface area contributed by atoms with Crippen LogP contribution in [0, 0.1) is 6.92 Å². The van der Waals surface area contributed by atoms with Crippen LogP contribution in [-0.2, 0) is 14.3 Å². The first-order valence-electron chi connectivity index (χ1n) is 7.52. The Kier molecular flexibility index (Phi) is 4.95. The third-order valence-corrected chi connectivity index (χ3v) is 4.54. The molecule has 6 nitrogen and oxygen atoms in total. The van der Waals surface area contributed by atoms with Gasteiger partial charge in [-0.25, -0.2) is 4.79 Å². The minimum Gasteiger partial charge on any atom is -0.482 e. The average molecular weight is 357 g/mol. The molecule has 0 aliphatic carbocycles. The molecule has 0 bridgehead atoms. The highest BCUT2D eigenvalue weighted by atomic mass is 32.1. The topological polar surface area (TPSA) is 81.7 Å². The Morgan fingerprint density at radius 1 is 1.36 bits per heavy atom. The average Bonchev–Trinajstić information content (AvgIpc) is 3.02. The summed E-state index contributed by atoms with van der Waals surface area (Å²) in [5.41, 5.74) is 1.83. The van der Waals surface area contributed by atoms with E-state index in [0.29, 0.717) is 17.0 Å². The predicted octanol–water partition coefficient (Wildman–Crippen LogP) is 2.83. The van der Waals surface area contributed by atoms with E-state index in [1.165, 1.54) is 23.5 Å². The van der Waals surface area contributed by atoms with Crippen molar-refractivity contribution in [2.75, 3.05) is 18.5 Å². The van der Waals surface area contributed by atoms with Gasteiger partial charge in [-0.1, -0.05) is 0 Å².